The highest BCUT2D eigenvalue weighted by Crippen LogP contribution is 2.39. The Hall–Kier alpha value is -2.54. The molecule has 1 saturated heterocycles. The van der Waals surface area contributed by atoms with Gasteiger partial charge < -0.3 is 10.0 Å². The number of carbonyl (C=O) groups excluding carboxylic acids is 1. The van der Waals surface area contributed by atoms with E-state index in [9.17, 15) is 15.2 Å². The van der Waals surface area contributed by atoms with Crippen molar-refractivity contribution in [3.8, 4) is 6.07 Å². The molecule has 1 fully saturated rings. The quantitative estimate of drug-likeness (QED) is 0.605. The van der Waals surface area contributed by atoms with Crippen molar-refractivity contribution in [3.63, 3.8) is 0 Å². The van der Waals surface area contributed by atoms with E-state index in [0.29, 0.717) is 11.4 Å². The van der Waals surface area contributed by atoms with Crippen molar-refractivity contribution in [2.45, 2.75) is 30.9 Å². The highest BCUT2D eigenvalue weighted by Gasteiger charge is 2.51. The Bertz CT molecular complexity index is 1000. The van der Waals surface area contributed by atoms with Gasteiger partial charge in [0, 0.05) is 0 Å². The Morgan fingerprint density at radius 2 is 2.07 bits per heavy atom. The summed E-state index contributed by atoms with van der Waals surface area (Å²) in [6, 6.07) is 8.16. The van der Waals surface area contributed by atoms with Crippen LogP contribution in [0.25, 0.3) is 0 Å². The van der Waals surface area contributed by atoms with Gasteiger partial charge in [-0.3, -0.25) is 14.7 Å². The molecule has 0 aliphatic carbocycles. The van der Waals surface area contributed by atoms with Gasteiger partial charge >= 0.3 is 0 Å². The second-order valence-electron chi connectivity index (χ2n) is 6.57. The third-order valence-electron chi connectivity index (χ3n) is 4.54. The normalized spacial score (nSPS) is 15.9. The molecule has 1 N–H and O–H groups in total. The molecule has 2 heterocycles. The summed E-state index contributed by atoms with van der Waals surface area (Å²) in [4.78, 5) is 20.2. The lowest BCUT2D eigenvalue weighted by molar-refractivity contribution is -0.120. The number of anilines is 2. The predicted octanol–water partition coefficient (Wildman–Crippen LogP) is 3.22. The van der Waals surface area contributed by atoms with Crippen LogP contribution in [0.15, 0.2) is 35.4 Å². The van der Waals surface area contributed by atoms with Crippen molar-refractivity contribution < 1.29 is 14.3 Å². The van der Waals surface area contributed by atoms with Crippen LogP contribution in [0.2, 0.25) is 0 Å². The number of halogens is 1. The first kappa shape index (κ1) is 20.2. The maximum absolute atomic E-state index is 15.1. The van der Waals surface area contributed by atoms with Gasteiger partial charge in [-0.05, 0) is 56.6 Å². The van der Waals surface area contributed by atoms with Crippen molar-refractivity contribution in [3.05, 3.63) is 47.5 Å². The fourth-order valence-electron chi connectivity index (χ4n) is 3.09. The van der Waals surface area contributed by atoms with Crippen LogP contribution in [-0.4, -0.2) is 32.9 Å². The molecule has 1 aromatic carbocycles. The Kier molecular flexibility index (Phi) is 5.39. The van der Waals surface area contributed by atoms with Gasteiger partial charge in [-0.1, -0.05) is 0 Å². The summed E-state index contributed by atoms with van der Waals surface area (Å²) in [5, 5.41) is 18.5. The third kappa shape index (κ3) is 3.03. The Morgan fingerprint density at radius 3 is 2.61 bits per heavy atom. The molecule has 0 unspecified atom stereocenters. The second-order valence-corrected chi connectivity index (χ2v) is 7.76. The maximum atomic E-state index is 15.1. The Labute approximate surface area is 171 Å². The zero-order valence-corrected chi connectivity index (χ0v) is 17.1. The maximum Gasteiger partial charge on any atom is 0.259 e. The number of aliphatic hydroxyl groups excluding tert-OH is 1. The summed E-state index contributed by atoms with van der Waals surface area (Å²) in [6.07, 6.45) is 3.18. The van der Waals surface area contributed by atoms with E-state index < -0.39 is 11.4 Å². The molecule has 0 atom stereocenters. The predicted molar refractivity (Wildman–Crippen MR) is 110 cm³/mol. The number of amides is 1. The van der Waals surface area contributed by atoms with Crippen molar-refractivity contribution in [1.29, 1.82) is 5.26 Å². The van der Waals surface area contributed by atoms with Crippen LogP contribution in [0.4, 0.5) is 15.8 Å². The zero-order valence-electron chi connectivity index (χ0n) is 15.4. The van der Waals surface area contributed by atoms with Crippen molar-refractivity contribution in [2.24, 2.45) is 0 Å². The molecule has 28 heavy (non-hydrogen) atoms. The summed E-state index contributed by atoms with van der Waals surface area (Å²) in [7, 11) is 0. The molecule has 0 saturated carbocycles. The molecule has 0 radical (unpaired) electrons. The molecule has 9 heteroatoms. The molecule has 3 rings (SSSR count). The molecule has 0 spiro atoms. The van der Waals surface area contributed by atoms with Crippen LogP contribution in [0.3, 0.4) is 0 Å². The fourth-order valence-corrected chi connectivity index (χ4v) is 4.22. The number of nitriles is 1. The number of thiocarbonyl (C=S) groups is 1. The van der Waals surface area contributed by atoms with Gasteiger partial charge in [0.05, 0.1) is 40.3 Å². The molecular formula is C19H17FN4O2S2. The summed E-state index contributed by atoms with van der Waals surface area (Å²) in [5.41, 5.74) is 0.180. The lowest BCUT2D eigenvalue weighted by atomic mass is 10.0. The van der Waals surface area contributed by atoms with Crippen LogP contribution in [0.5, 0.6) is 0 Å². The average Bonchev–Trinajstić information content (AvgIpc) is 2.86. The number of aromatic nitrogens is 1. The topological polar surface area (TPSA) is 80.5 Å². The smallest absolute Gasteiger partial charge is 0.259 e. The number of hydrogen-bond donors (Lipinski definition) is 1. The summed E-state index contributed by atoms with van der Waals surface area (Å²) in [5.74, 6) is -1.05. The SMILES string of the molecule is CSc1c(C#N)ccc(N2C(=O)C(C)(C)N(c3ccc(CO)nc3)C2=S)c1F. The van der Waals surface area contributed by atoms with Gasteiger partial charge in [-0.15, -0.1) is 11.8 Å². The van der Waals surface area contributed by atoms with Crippen LogP contribution >= 0.6 is 24.0 Å². The van der Waals surface area contributed by atoms with Crippen molar-refractivity contribution in [1.82, 2.24) is 4.98 Å². The standard InChI is InChI=1S/C19H17FN4O2S2/c1-19(2)17(26)23(14-7-4-11(8-21)16(28-3)15(14)20)18(27)24(19)13-6-5-12(10-25)22-9-13/h4-7,9,25H,10H2,1-3H3. The van der Waals surface area contributed by atoms with Gasteiger partial charge in [-0.2, -0.15) is 5.26 Å². The van der Waals surface area contributed by atoms with E-state index in [-0.39, 0.29) is 33.8 Å². The highest BCUT2D eigenvalue weighted by molar-refractivity contribution is 7.98. The van der Waals surface area contributed by atoms with Crippen molar-refractivity contribution >= 4 is 46.4 Å². The minimum absolute atomic E-state index is 0.00821. The number of nitrogens with zero attached hydrogens (tertiary/aromatic N) is 4. The van der Waals surface area contributed by atoms with Gasteiger partial charge in [-0.25, -0.2) is 4.39 Å². The van der Waals surface area contributed by atoms with E-state index in [0.717, 1.165) is 16.7 Å². The summed E-state index contributed by atoms with van der Waals surface area (Å²) >= 11 is 6.63. The molecular weight excluding hydrogens is 399 g/mol. The molecule has 2 aromatic rings. The molecule has 0 bridgehead atoms. The fraction of sp³-hybridized carbons (Fsp3) is 0.263. The Morgan fingerprint density at radius 1 is 1.36 bits per heavy atom. The van der Waals surface area contributed by atoms with Crippen LogP contribution in [0.1, 0.15) is 25.1 Å². The molecule has 1 aromatic heterocycles. The van der Waals surface area contributed by atoms with E-state index in [1.807, 2.05) is 6.07 Å². The molecule has 6 nitrogen and oxygen atoms in total. The first-order valence-corrected chi connectivity index (χ1v) is 9.92. The average molecular weight is 417 g/mol. The van der Waals surface area contributed by atoms with Gasteiger partial charge in [0.15, 0.2) is 10.9 Å². The van der Waals surface area contributed by atoms with Gasteiger partial charge in [0.2, 0.25) is 0 Å². The van der Waals surface area contributed by atoms with Crippen molar-refractivity contribution in [2.75, 3.05) is 16.1 Å². The van der Waals surface area contributed by atoms with Gasteiger partial charge in [0.25, 0.3) is 5.91 Å². The number of thioether (sulfide) groups is 1. The zero-order chi connectivity index (χ0) is 20.6. The second kappa shape index (κ2) is 7.47. The number of carbonyl (C=O) groups is 1. The molecule has 1 amide bonds. The minimum Gasteiger partial charge on any atom is -0.390 e. The lowest BCUT2D eigenvalue weighted by Gasteiger charge is -2.29. The lowest BCUT2D eigenvalue weighted by Crippen LogP contribution is -2.44. The number of pyridine rings is 1. The van der Waals surface area contributed by atoms with Crippen LogP contribution < -0.4 is 9.80 Å². The first-order valence-electron chi connectivity index (χ1n) is 8.29. The first-order chi connectivity index (χ1) is 13.3. The largest absolute Gasteiger partial charge is 0.390 e. The number of hydrogen-bond acceptors (Lipinski definition) is 6. The number of benzene rings is 1. The van der Waals surface area contributed by atoms with Gasteiger partial charge in [0.1, 0.15) is 11.6 Å². The van der Waals surface area contributed by atoms with E-state index in [1.54, 1.807) is 37.1 Å². The van der Waals surface area contributed by atoms with E-state index in [2.05, 4.69) is 4.98 Å². The molecule has 1 aliphatic rings. The van der Waals surface area contributed by atoms with E-state index >= 15 is 4.39 Å². The number of aliphatic hydroxyl groups is 1. The Balaban J connectivity index is 2.11. The van der Waals surface area contributed by atoms with Crippen LogP contribution in [-0.2, 0) is 11.4 Å². The monoisotopic (exact) mass is 416 g/mol. The highest BCUT2D eigenvalue weighted by atomic mass is 32.2. The van der Waals surface area contributed by atoms with Crippen LogP contribution in [0, 0.1) is 17.1 Å². The van der Waals surface area contributed by atoms with E-state index in [4.69, 9.17) is 12.2 Å². The molecule has 1 aliphatic heterocycles. The number of rotatable bonds is 4. The minimum atomic E-state index is -1.07. The summed E-state index contributed by atoms with van der Waals surface area (Å²) < 4.78 is 15.1. The summed E-state index contributed by atoms with van der Waals surface area (Å²) in [6.45, 7) is 3.18. The molecule has 144 valence electrons. The van der Waals surface area contributed by atoms with E-state index in [1.165, 1.54) is 18.3 Å². The third-order valence-corrected chi connectivity index (χ3v) is 5.71.